The van der Waals surface area contributed by atoms with Crippen LogP contribution in [0.15, 0.2) is 54.6 Å². The van der Waals surface area contributed by atoms with Gasteiger partial charge < -0.3 is 19.7 Å². The Kier molecular flexibility index (Phi) is 6.46. The Bertz CT molecular complexity index is 1110. The highest BCUT2D eigenvalue weighted by molar-refractivity contribution is 6.04. The van der Waals surface area contributed by atoms with Crippen molar-refractivity contribution in [1.29, 1.82) is 0 Å². The van der Waals surface area contributed by atoms with Crippen molar-refractivity contribution in [2.75, 3.05) is 20.2 Å². The van der Waals surface area contributed by atoms with Crippen LogP contribution in [0.25, 0.3) is 10.9 Å². The van der Waals surface area contributed by atoms with Gasteiger partial charge in [0.2, 0.25) is 5.88 Å². The van der Waals surface area contributed by atoms with Crippen LogP contribution in [0.4, 0.5) is 4.79 Å². The highest BCUT2D eigenvalue weighted by Gasteiger charge is 2.24. The van der Waals surface area contributed by atoms with Gasteiger partial charge >= 0.3 is 6.09 Å². The van der Waals surface area contributed by atoms with Crippen molar-refractivity contribution in [2.45, 2.75) is 38.8 Å². The number of rotatable bonds is 5. The molecule has 1 aliphatic heterocycles. The minimum absolute atomic E-state index is 0.0596. The topological polar surface area (TPSA) is 72.8 Å². The molecule has 0 spiro atoms. The van der Waals surface area contributed by atoms with Crippen LogP contribution in [0, 0.1) is 0 Å². The SMILES string of the molecule is COc1cccc(C(=O)n2c(OC(=O)NC3CCN(C(C)C)CC3)cc3ccccc32)c1. The van der Waals surface area contributed by atoms with Gasteiger partial charge in [-0.2, -0.15) is 0 Å². The van der Waals surface area contributed by atoms with E-state index in [9.17, 15) is 9.59 Å². The largest absolute Gasteiger partial charge is 0.497 e. The minimum Gasteiger partial charge on any atom is -0.497 e. The molecule has 7 heteroatoms. The highest BCUT2D eigenvalue weighted by Crippen LogP contribution is 2.28. The Morgan fingerprint density at radius 2 is 1.78 bits per heavy atom. The van der Waals surface area contributed by atoms with Crippen LogP contribution in [0.5, 0.6) is 11.6 Å². The van der Waals surface area contributed by atoms with Crippen molar-refractivity contribution in [3.05, 3.63) is 60.2 Å². The number of likely N-dealkylation sites (tertiary alicyclic amines) is 1. The third kappa shape index (κ3) is 4.62. The smallest absolute Gasteiger partial charge is 0.414 e. The van der Waals surface area contributed by atoms with Gasteiger partial charge in [-0.25, -0.2) is 9.36 Å². The summed E-state index contributed by atoms with van der Waals surface area (Å²) in [7, 11) is 1.55. The van der Waals surface area contributed by atoms with Crippen molar-refractivity contribution in [2.24, 2.45) is 0 Å². The lowest BCUT2D eigenvalue weighted by molar-refractivity contribution is 0.0955. The van der Waals surface area contributed by atoms with E-state index in [1.165, 1.54) is 4.57 Å². The summed E-state index contributed by atoms with van der Waals surface area (Å²) in [6.45, 7) is 6.24. The summed E-state index contributed by atoms with van der Waals surface area (Å²) in [4.78, 5) is 28.5. The first-order valence-electron chi connectivity index (χ1n) is 11.0. The molecule has 1 saturated heterocycles. The maximum absolute atomic E-state index is 13.4. The second-order valence-electron chi connectivity index (χ2n) is 8.35. The summed E-state index contributed by atoms with van der Waals surface area (Å²) in [5.41, 5.74) is 1.12. The molecule has 32 heavy (non-hydrogen) atoms. The molecule has 1 N–H and O–H groups in total. The van der Waals surface area contributed by atoms with Crippen LogP contribution in [0.3, 0.4) is 0 Å². The van der Waals surface area contributed by atoms with E-state index in [2.05, 4.69) is 24.1 Å². The maximum Gasteiger partial charge on any atom is 0.414 e. The number of ether oxygens (including phenoxy) is 2. The molecule has 2 heterocycles. The lowest BCUT2D eigenvalue weighted by Gasteiger charge is -2.34. The molecule has 1 aliphatic rings. The van der Waals surface area contributed by atoms with Crippen molar-refractivity contribution in [3.63, 3.8) is 0 Å². The van der Waals surface area contributed by atoms with Gasteiger partial charge in [-0.1, -0.05) is 24.3 Å². The standard InChI is InChI=1S/C25H29N3O4/c1-17(2)27-13-11-20(12-14-27)26-25(30)32-23-16-18-7-4-5-10-22(18)28(23)24(29)19-8-6-9-21(15-19)31-3/h4-10,15-17,20H,11-14H2,1-3H3,(H,26,30). The second kappa shape index (κ2) is 9.44. The first-order chi connectivity index (χ1) is 15.5. The summed E-state index contributed by atoms with van der Waals surface area (Å²) in [6.07, 6.45) is 1.20. The number of para-hydroxylation sites is 1. The average Bonchev–Trinajstić information content (AvgIpc) is 3.16. The lowest BCUT2D eigenvalue weighted by Crippen LogP contribution is -2.47. The zero-order valence-electron chi connectivity index (χ0n) is 18.7. The molecule has 0 unspecified atom stereocenters. The van der Waals surface area contributed by atoms with Gasteiger partial charge in [0.15, 0.2) is 0 Å². The molecule has 0 atom stereocenters. The fraction of sp³-hybridized carbons (Fsp3) is 0.360. The summed E-state index contributed by atoms with van der Waals surface area (Å²) >= 11 is 0. The van der Waals surface area contributed by atoms with Crippen molar-refractivity contribution < 1.29 is 19.1 Å². The molecule has 0 radical (unpaired) electrons. The van der Waals surface area contributed by atoms with Gasteiger partial charge in [-0.15, -0.1) is 0 Å². The lowest BCUT2D eigenvalue weighted by atomic mass is 10.0. The number of nitrogens with one attached hydrogen (secondary N) is 1. The van der Waals surface area contributed by atoms with E-state index in [1.807, 2.05) is 24.3 Å². The minimum atomic E-state index is -0.546. The monoisotopic (exact) mass is 435 g/mol. The number of piperidine rings is 1. The van der Waals surface area contributed by atoms with E-state index in [0.717, 1.165) is 31.3 Å². The third-order valence-electron chi connectivity index (χ3n) is 5.98. The van der Waals surface area contributed by atoms with Gasteiger partial charge in [0, 0.05) is 42.2 Å². The third-order valence-corrected chi connectivity index (χ3v) is 5.98. The van der Waals surface area contributed by atoms with E-state index in [1.54, 1.807) is 37.4 Å². The molecule has 4 rings (SSSR count). The number of hydrogen-bond donors (Lipinski definition) is 1. The number of fused-ring (bicyclic) bond motifs is 1. The quantitative estimate of drug-likeness (QED) is 0.647. The number of hydrogen-bond acceptors (Lipinski definition) is 5. The predicted molar refractivity (Wildman–Crippen MR) is 124 cm³/mol. The van der Waals surface area contributed by atoms with Gasteiger partial charge in [0.05, 0.1) is 12.6 Å². The molecule has 0 saturated carbocycles. The number of amides is 1. The van der Waals surface area contributed by atoms with Crippen LogP contribution in [-0.2, 0) is 0 Å². The van der Waals surface area contributed by atoms with Gasteiger partial charge in [0.1, 0.15) is 5.75 Å². The summed E-state index contributed by atoms with van der Waals surface area (Å²) in [5.74, 6) is 0.481. The number of methoxy groups -OCH3 is 1. The Morgan fingerprint density at radius 3 is 2.50 bits per heavy atom. The fourth-order valence-electron chi connectivity index (χ4n) is 4.15. The van der Waals surface area contributed by atoms with E-state index >= 15 is 0 Å². The summed E-state index contributed by atoms with van der Waals surface area (Å²) in [6, 6.07) is 16.7. The number of carbonyl (C=O) groups is 2. The van der Waals surface area contributed by atoms with E-state index in [0.29, 0.717) is 22.9 Å². The molecule has 7 nitrogen and oxygen atoms in total. The Morgan fingerprint density at radius 1 is 1.03 bits per heavy atom. The average molecular weight is 436 g/mol. The summed E-state index contributed by atoms with van der Waals surface area (Å²) in [5, 5.41) is 3.78. The number of nitrogens with zero attached hydrogens (tertiary/aromatic N) is 2. The van der Waals surface area contributed by atoms with Gasteiger partial charge in [-0.05, 0) is 51.0 Å². The molecular weight excluding hydrogens is 406 g/mol. The molecule has 0 aliphatic carbocycles. The molecule has 1 amide bonds. The Labute approximate surface area is 187 Å². The predicted octanol–water partition coefficient (Wildman–Crippen LogP) is 4.30. The van der Waals surface area contributed by atoms with Crippen LogP contribution in [0.2, 0.25) is 0 Å². The first-order valence-corrected chi connectivity index (χ1v) is 11.0. The number of benzene rings is 2. The highest BCUT2D eigenvalue weighted by atomic mass is 16.6. The summed E-state index contributed by atoms with van der Waals surface area (Å²) < 4.78 is 12.3. The Balaban J connectivity index is 1.55. The zero-order valence-corrected chi connectivity index (χ0v) is 18.7. The zero-order chi connectivity index (χ0) is 22.7. The Hall–Kier alpha value is -3.32. The number of aromatic nitrogens is 1. The van der Waals surface area contributed by atoms with Crippen molar-refractivity contribution in [3.8, 4) is 11.6 Å². The molecule has 0 bridgehead atoms. The van der Waals surface area contributed by atoms with Gasteiger partial charge in [0.25, 0.3) is 5.91 Å². The van der Waals surface area contributed by atoms with Gasteiger partial charge in [-0.3, -0.25) is 4.79 Å². The first kappa shape index (κ1) is 21.9. The van der Waals surface area contributed by atoms with Crippen LogP contribution >= 0.6 is 0 Å². The van der Waals surface area contributed by atoms with Crippen molar-refractivity contribution >= 4 is 22.9 Å². The van der Waals surface area contributed by atoms with E-state index in [4.69, 9.17) is 9.47 Å². The van der Waals surface area contributed by atoms with Crippen LogP contribution < -0.4 is 14.8 Å². The normalized spacial score (nSPS) is 15.1. The fourth-order valence-corrected chi connectivity index (χ4v) is 4.15. The maximum atomic E-state index is 13.4. The van der Waals surface area contributed by atoms with Crippen molar-refractivity contribution in [1.82, 2.24) is 14.8 Å². The molecule has 3 aromatic rings. The molecule has 1 fully saturated rings. The molecular formula is C25H29N3O4. The molecule has 168 valence electrons. The molecule has 2 aromatic carbocycles. The van der Waals surface area contributed by atoms with E-state index in [-0.39, 0.29) is 17.8 Å². The second-order valence-corrected chi connectivity index (χ2v) is 8.35. The van der Waals surface area contributed by atoms with Crippen LogP contribution in [0.1, 0.15) is 37.0 Å². The van der Waals surface area contributed by atoms with Crippen LogP contribution in [-0.4, -0.2) is 53.8 Å². The number of carbonyl (C=O) groups excluding carboxylic acids is 2. The molecule has 1 aromatic heterocycles. The van der Waals surface area contributed by atoms with E-state index < -0.39 is 6.09 Å².